The molecule has 0 aromatic heterocycles. The molecule has 21 heavy (non-hydrogen) atoms. The van der Waals surface area contributed by atoms with Gasteiger partial charge >= 0.3 is 0 Å². The van der Waals surface area contributed by atoms with Gasteiger partial charge in [-0.2, -0.15) is 0 Å². The fourth-order valence-electron chi connectivity index (χ4n) is 2.27. The average molecular weight is 312 g/mol. The molecule has 0 spiro atoms. The van der Waals surface area contributed by atoms with Gasteiger partial charge in [0.25, 0.3) is 0 Å². The van der Waals surface area contributed by atoms with Crippen LogP contribution >= 0.6 is 0 Å². The summed E-state index contributed by atoms with van der Waals surface area (Å²) in [6, 6.07) is 4.88. The lowest BCUT2D eigenvalue weighted by molar-refractivity contribution is -0.129. The number of rotatable bonds is 5. The van der Waals surface area contributed by atoms with Gasteiger partial charge in [0, 0.05) is 14.1 Å². The second-order valence-corrected chi connectivity index (χ2v) is 7.36. The second kappa shape index (κ2) is 6.47. The SMILES string of the molecule is CCC(C(=O)N(C)C)N(c1cc(C)ccc1C)S(C)(=O)=O. The van der Waals surface area contributed by atoms with Gasteiger partial charge in [-0.15, -0.1) is 0 Å². The molecular weight excluding hydrogens is 288 g/mol. The molecule has 6 heteroatoms. The molecule has 1 aromatic rings. The number of hydrogen-bond donors (Lipinski definition) is 0. The zero-order chi connectivity index (χ0) is 16.4. The van der Waals surface area contributed by atoms with Crippen LogP contribution in [0.4, 0.5) is 5.69 Å². The highest BCUT2D eigenvalue weighted by molar-refractivity contribution is 7.92. The van der Waals surface area contributed by atoms with E-state index in [-0.39, 0.29) is 5.91 Å². The first-order valence-electron chi connectivity index (χ1n) is 6.87. The summed E-state index contributed by atoms with van der Waals surface area (Å²) in [6.07, 6.45) is 1.55. The summed E-state index contributed by atoms with van der Waals surface area (Å²) in [7, 11) is -0.294. The molecule has 0 aliphatic carbocycles. The number of anilines is 1. The normalized spacial score (nSPS) is 12.9. The third kappa shape index (κ3) is 3.97. The topological polar surface area (TPSA) is 57.7 Å². The van der Waals surface area contributed by atoms with Crippen molar-refractivity contribution in [1.82, 2.24) is 4.90 Å². The number of likely N-dealkylation sites (N-methyl/N-ethyl adjacent to an activating group) is 1. The number of amides is 1. The van der Waals surface area contributed by atoms with Gasteiger partial charge in [-0.3, -0.25) is 9.10 Å². The number of nitrogens with zero attached hydrogens (tertiary/aromatic N) is 2. The van der Waals surface area contributed by atoms with Crippen LogP contribution in [0.3, 0.4) is 0 Å². The monoisotopic (exact) mass is 312 g/mol. The predicted molar refractivity (Wildman–Crippen MR) is 86.0 cm³/mol. The first-order chi connectivity index (χ1) is 9.59. The molecule has 0 heterocycles. The number of aryl methyl sites for hydroxylation is 2. The zero-order valence-corrected chi connectivity index (χ0v) is 14.4. The van der Waals surface area contributed by atoms with Crippen LogP contribution in [0.1, 0.15) is 24.5 Å². The van der Waals surface area contributed by atoms with E-state index in [4.69, 9.17) is 0 Å². The molecule has 0 bridgehead atoms. The molecule has 0 N–H and O–H groups in total. The highest BCUT2D eigenvalue weighted by atomic mass is 32.2. The molecule has 0 aliphatic heterocycles. The van der Waals surface area contributed by atoms with E-state index in [9.17, 15) is 13.2 Å². The standard InChI is InChI=1S/C15H24N2O3S/c1-7-13(15(18)16(4)5)17(21(6,19)20)14-10-11(2)8-9-12(14)3/h8-10,13H,7H2,1-6H3. The Morgan fingerprint density at radius 1 is 1.24 bits per heavy atom. The maximum Gasteiger partial charge on any atom is 0.245 e. The van der Waals surface area contributed by atoms with Crippen molar-refractivity contribution in [1.29, 1.82) is 0 Å². The molecule has 1 rings (SSSR count). The minimum absolute atomic E-state index is 0.219. The van der Waals surface area contributed by atoms with Crippen LogP contribution in [0, 0.1) is 13.8 Å². The molecule has 0 saturated carbocycles. The molecular formula is C15H24N2O3S. The Hall–Kier alpha value is -1.56. The number of carbonyl (C=O) groups excluding carboxylic acids is 1. The van der Waals surface area contributed by atoms with Gasteiger partial charge in [0.05, 0.1) is 11.9 Å². The second-order valence-electron chi connectivity index (χ2n) is 5.51. The molecule has 0 aliphatic rings. The van der Waals surface area contributed by atoms with Crippen LogP contribution in [0.15, 0.2) is 18.2 Å². The van der Waals surface area contributed by atoms with Crippen molar-refractivity contribution in [2.45, 2.75) is 33.2 Å². The number of sulfonamides is 1. The molecule has 0 fully saturated rings. The van der Waals surface area contributed by atoms with Crippen LogP contribution in [-0.4, -0.2) is 45.6 Å². The lowest BCUT2D eigenvalue weighted by Gasteiger charge is -2.32. The highest BCUT2D eigenvalue weighted by Crippen LogP contribution is 2.27. The molecule has 118 valence electrons. The fraction of sp³-hybridized carbons (Fsp3) is 0.533. The maximum atomic E-state index is 12.4. The third-order valence-corrected chi connectivity index (χ3v) is 4.52. The molecule has 1 aromatic carbocycles. The Kier molecular flexibility index (Phi) is 5.39. The van der Waals surface area contributed by atoms with Crippen LogP contribution in [-0.2, 0) is 14.8 Å². The summed E-state index contributed by atoms with van der Waals surface area (Å²) in [5.41, 5.74) is 2.35. The quantitative estimate of drug-likeness (QED) is 0.835. The van der Waals surface area contributed by atoms with E-state index in [1.165, 1.54) is 9.21 Å². The number of carbonyl (C=O) groups is 1. The van der Waals surface area contributed by atoms with Gasteiger partial charge in [0.2, 0.25) is 15.9 Å². The van der Waals surface area contributed by atoms with Crippen molar-refractivity contribution < 1.29 is 13.2 Å². The van der Waals surface area contributed by atoms with Gasteiger partial charge in [-0.25, -0.2) is 8.42 Å². The van der Waals surface area contributed by atoms with Gasteiger partial charge in [-0.05, 0) is 37.5 Å². The van der Waals surface area contributed by atoms with Crippen molar-refractivity contribution in [3.8, 4) is 0 Å². The lowest BCUT2D eigenvalue weighted by Crippen LogP contribution is -2.49. The Bertz CT molecular complexity index is 624. The minimum atomic E-state index is -3.56. The van der Waals surface area contributed by atoms with E-state index in [0.29, 0.717) is 12.1 Å². The van der Waals surface area contributed by atoms with Crippen LogP contribution in [0.25, 0.3) is 0 Å². The molecule has 0 radical (unpaired) electrons. The van der Waals surface area contributed by atoms with Crippen LogP contribution in [0.2, 0.25) is 0 Å². The summed E-state index contributed by atoms with van der Waals surface area (Å²) in [6.45, 7) is 5.56. The van der Waals surface area contributed by atoms with E-state index in [2.05, 4.69) is 0 Å². The van der Waals surface area contributed by atoms with Gasteiger partial charge < -0.3 is 4.90 Å². The Labute approximate surface area is 127 Å². The smallest absolute Gasteiger partial charge is 0.245 e. The largest absolute Gasteiger partial charge is 0.347 e. The maximum absolute atomic E-state index is 12.4. The summed E-state index contributed by atoms with van der Waals surface area (Å²) < 4.78 is 25.8. The van der Waals surface area contributed by atoms with Gasteiger partial charge in [0.15, 0.2) is 0 Å². The molecule has 0 saturated heterocycles. The van der Waals surface area contributed by atoms with Crippen molar-refractivity contribution in [2.24, 2.45) is 0 Å². The lowest BCUT2D eigenvalue weighted by atomic mass is 10.1. The van der Waals surface area contributed by atoms with Crippen molar-refractivity contribution in [3.05, 3.63) is 29.3 Å². The summed E-state index contributed by atoms with van der Waals surface area (Å²) >= 11 is 0. The summed E-state index contributed by atoms with van der Waals surface area (Å²) in [5.74, 6) is -0.219. The average Bonchev–Trinajstić information content (AvgIpc) is 2.36. The Morgan fingerprint density at radius 2 is 1.81 bits per heavy atom. The number of hydrogen-bond acceptors (Lipinski definition) is 3. The minimum Gasteiger partial charge on any atom is -0.347 e. The first kappa shape index (κ1) is 17.5. The molecule has 1 amide bonds. The zero-order valence-electron chi connectivity index (χ0n) is 13.5. The van der Waals surface area contributed by atoms with E-state index < -0.39 is 16.1 Å². The summed E-state index contributed by atoms with van der Waals surface area (Å²) in [5, 5.41) is 0. The first-order valence-corrected chi connectivity index (χ1v) is 8.72. The van der Waals surface area contributed by atoms with E-state index in [1.54, 1.807) is 14.1 Å². The van der Waals surface area contributed by atoms with Crippen LogP contribution in [0.5, 0.6) is 0 Å². The van der Waals surface area contributed by atoms with Gasteiger partial charge in [0.1, 0.15) is 6.04 Å². The van der Waals surface area contributed by atoms with Crippen LogP contribution < -0.4 is 4.31 Å². The molecule has 5 nitrogen and oxygen atoms in total. The van der Waals surface area contributed by atoms with E-state index in [0.717, 1.165) is 17.4 Å². The third-order valence-electron chi connectivity index (χ3n) is 3.35. The van der Waals surface area contributed by atoms with E-state index in [1.807, 2.05) is 39.0 Å². The predicted octanol–water partition coefficient (Wildman–Crippen LogP) is 1.94. The molecule has 1 unspecified atom stereocenters. The van der Waals surface area contributed by atoms with Crippen molar-refractivity contribution >= 4 is 21.6 Å². The summed E-state index contributed by atoms with van der Waals surface area (Å²) in [4.78, 5) is 13.8. The number of benzene rings is 1. The van der Waals surface area contributed by atoms with Crippen molar-refractivity contribution in [2.75, 3.05) is 24.7 Å². The van der Waals surface area contributed by atoms with Gasteiger partial charge in [-0.1, -0.05) is 19.1 Å². The van der Waals surface area contributed by atoms with E-state index >= 15 is 0 Å². The Balaban J connectivity index is 3.49. The highest BCUT2D eigenvalue weighted by Gasteiger charge is 2.33. The molecule has 1 atom stereocenters. The fourth-order valence-corrected chi connectivity index (χ4v) is 3.53. The Morgan fingerprint density at radius 3 is 2.24 bits per heavy atom. The van der Waals surface area contributed by atoms with Crippen molar-refractivity contribution in [3.63, 3.8) is 0 Å².